The summed E-state index contributed by atoms with van der Waals surface area (Å²) in [5.41, 5.74) is 11.8. The van der Waals surface area contributed by atoms with Crippen molar-refractivity contribution in [2.75, 3.05) is 0 Å². The quantitative estimate of drug-likeness (QED) is 0.186. The number of aromatic nitrogens is 1. The molecule has 0 radical (unpaired) electrons. The molecule has 0 unspecified atom stereocenters. The fourth-order valence-corrected chi connectivity index (χ4v) is 9.62. The standard InChI is InChI=1S/C48H27NO2S/c1-4-16-41-33(9-1)39-25-28(19-23-43(39)50-41)31-12-7-14-37-38-15-8-13-32(29-20-24-44-40(26-29)34-10-2-5-17-42(34)51-44)48(38)49(47(31)37)30-21-22-36-35-11-3-6-18-45(35)52-46(36)27-30/h1-27H. The molecule has 242 valence electrons. The van der Waals surface area contributed by atoms with E-state index in [1.165, 1.54) is 53.1 Å². The molecule has 0 aliphatic rings. The van der Waals surface area contributed by atoms with Crippen LogP contribution in [0.25, 0.3) is 114 Å². The largest absolute Gasteiger partial charge is 0.456 e. The Bertz CT molecular complexity index is 3260. The first-order valence-corrected chi connectivity index (χ1v) is 18.4. The Labute approximate surface area is 301 Å². The predicted molar refractivity (Wildman–Crippen MR) is 219 cm³/mol. The molecule has 0 bridgehead atoms. The number of rotatable bonds is 3. The first-order chi connectivity index (χ1) is 25.8. The summed E-state index contributed by atoms with van der Waals surface area (Å²) in [5, 5.41) is 9.55. The fraction of sp³-hybridized carbons (Fsp3) is 0. The summed E-state index contributed by atoms with van der Waals surface area (Å²) in [6.45, 7) is 0. The lowest BCUT2D eigenvalue weighted by atomic mass is 9.98. The van der Waals surface area contributed by atoms with Gasteiger partial charge in [0.05, 0.1) is 11.0 Å². The van der Waals surface area contributed by atoms with Gasteiger partial charge in [-0.05, 0) is 65.7 Å². The van der Waals surface area contributed by atoms with E-state index in [-0.39, 0.29) is 0 Å². The van der Waals surface area contributed by atoms with E-state index in [0.717, 1.165) is 60.7 Å². The molecule has 0 fully saturated rings. The van der Waals surface area contributed by atoms with Crippen molar-refractivity contribution >= 4 is 97.2 Å². The second-order valence-corrected chi connectivity index (χ2v) is 14.7. The molecular formula is C48H27NO2S. The molecular weight excluding hydrogens is 655 g/mol. The highest BCUT2D eigenvalue weighted by Crippen LogP contribution is 2.45. The van der Waals surface area contributed by atoms with Crippen molar-refractivity contribution in [3.8, 4) is 27.9 Å². The fourth-order valence-electron chi connectivity index (χ4n) is 8.48. The van der Waals surface area contributed by atoms with Crippen LogP contribution in [0.5, 0.6) is 0 Å². The van der Waals surface area contributed by atoms with E-state index in [0.29, 0.717) is 0 Å². The number of hydrogen-bond donors (Lipinski definition) is 0. The lowest BCUT2D eigenvalue weighted by molar-refractivity contribution is 0.668. The molecule has 12 rings (SSSR count). The third-order valence-electron chi connectivity index (χ3n) is 10.8. The minimum Gasteiger partial charge on any atom is -0.456 e. The zero-order valence-electron chi connectivity index (χ0n) is 27.8. The Kier molecular flexibility index (Phi) is 5.65. The molecule has 0 N–H and O–H groups in total. The number of furan rings is 2. The lowest BCUT2D eigenvalue weighted by Gasteiger charge is -2.14. The van der Waals surface area contributed by atoms with Crippen LogP contribution in [0, 0.1) is 0 Å². The highest BCUT2D eigenvalue weighted by molar-refractivity contribution is 7.25. The number of para-hydroxylation sites is 4. The van der Waals surface area contributed by atoms with E-state index < -0.39 is 0 Å². The van der Waals surface area contributed by atoms with Crippen LogP contribution in [0.2, 0.25) is 0 Å². The van der Waals surface area contributed by atoms with Crippen molar-refractivity contribution in [2.45, 2.75) is 0 Å². The van der Waals surface area contributed by atoms with Crippen LogP contribution >= 0.6 is 11.3 Å². The highest BCUT2D eigenvalue weighted by atomic mass is 32.1. The van der Waals surface area contributed by atoms with E-state index in [1.807, 2.05) is 35.6 Å². The second-order valence-electron chi connectivity index (χ2n) is 13.6. The van der Waals surface area contributed by atoms with Gasteiger partial charge in [-0.3, -0.25) is 0 Å². The van der Waals surface area contributed by atoms with Crippen LogP contribution < -0.4 is 0 Å². The molecule has 4 aromatic heterocycles. The predicted octanol–water partition coefficient (Wildman–Crippen LogP) is 14.3. The maximum absolute atomic E-state index is 6.24. The van der Waals surface area contributed by atoms with Gasteiger partial charge in [0.2, 0.25) is 0 Å². The summed E-state index contributed by atoms with van der Waals surface area (Å²) >= 11 is 1.86. The average molecular weight is 682 g/mol. The molecule has 0 saturated heterocycles. The molecule has 0 atom stereocenters. The van der Waals surface area contributed by atoms with Crippen molar-refractivity contribution in [1.82, 2.24) is 4.57 Å². The van der Waals surface area contributed by atoms with Gasteiger partial charge < -0.3 is 13.4 Å². The maximum atomic E-state index is 6.24. The van der Waals surface area contributed by atoms with Crippen LogP contribution in [0.3, 0.4) is 0 Å². The van der Waals surface area contributed by atoms with Crippen molar-refractivity contribution < 1.29 is 8.83 Å². The van der Waals surface area contributed by atoms with E-state index in [1.54, 1.807) is 0 Å². The molecule has 4 heteroatoms. The third kappa shape index (κ3) is 3.90. The maximum Gasteiger partial charge on any atom is 0.135 e. The number of nitrogens with zero attached hydrogens (tertiary/aromatic N) is 1. The van der Waals surface area contributed by atoms with Crippen LogP contribution in [0.1, 0.15) is 0 Å². The number of thiophene rings is 1. The number of benzene rings is 8. The van der Waals surface area contributed by atoms with Crippen molar-refractivity contribution in [3.63, 3.8) is 0 Å². The van der Waals surface area contributed by atoms with Gasteiger partial charge in [-0.25, -0.2) is 0 Å². The smallest absolute Gasteiger partial charge is 0.135 e. The lowest BCUT2D eigenvalue weighted by Crippen LogP contribution is -1.97. The zero-order valence-corrected chi connectivity index (χ0v) is 28.6. The second kappa shape index (κ2) is 10.5. The van der Waals surface area contributed by atoms with E-state index in [2.05, 4.69) is 144 Å². The Morgan fingerprint density at radius 3 is 1.46 bits per heavy atom. The summed E-state index contributed by atoms with van der Waals surface area (Å²) in [7, 11) is 0. The Hall–Kier alpha value is -6.62. The zero-order chi connectivity index (χ0) is 33.9. The Morgan fingerprint density at radius 2 is 0.846 bits per heavy atom. The van der Waals surface area contributed by atoms with Gasteiger partial charge in [0.15, 0.2) is 0 Å². The Balaban J connectivity index is 1.20. The molecule has 3 nitrogen and oxygen atoms in total. The first kappa shape index (κ1) is 28.1. The molecule has 0 aliphatic carbocycles. The van der Waals surface area contributed by atoms with Gasteiger partial charge in [0.25, 0.3) is 0 Å². The first-order valence-electron chi connectivity index (χ1n) is 17.6. The number of fused-ring (bicyclic) bond motifs is 12. The van der Waals surface area contributed by atoms with Gasteiger partial charge in [-0.2, -0.15) is 0 Å². The van der Waals surface area contributed by atoms with Crippen LogP contribution in [0.15, 0.2) is 173 Å². The van der Waals surface area contributed by atoms with Crippen molar-refractivity contribution in [3.05, 3.63) is 164 Å². The van der Waals surface area contributed by atoms with E-state index in [4.69, 9.17) is 8.83 Å². The van der Waals surface area contributed by atoms with Gasteiger partial charge in [0, 0.05) is 69.3 Å². The summed E-state index contributed by atoms with van der Waals surface area (Å²) in [5.74, 6) is 0. The molecule has 52 heavy (non-hydrogen) atoms. The number of hydrogen-bond acceptors (Lipinski definition) is 3. The molecule has 0 saturated carbocycles. The minimum absolute atomic E-state index is 0.900. The van der Waals surface area contributed by atoms with E-state index in [9.17, 15) is 0 Å². The highest BCUT2D eigenvalue weighted by Gasteiger charge is 2.21. The molecule has 0 spiro atoms. The van der Waals surface area contributed by atoms with E-state index >= 15 is 0 Å². The topological polar surface area (TPSA) is 31.2 Å². The van der Waals surface area contributed by atoms with Crippen LogP contribution in [-0.2, 0) is 0 Å². The summed E-state index contributed by atoms with van der Waals surface area (Å²) in [4.78, 5) is 0. The minimum atomic E-state index is 0.900. The summed E-state index contributed by atoms with van der Waals surface area (Å²) < 4.78 is 17.6. The molecule has 0 amide bonds. The molecule has 8 aromatic carbocycles. The Morgan fingerprint density at radius 1 is 0.346 bits per heavy atom. The summed E-state index contributed by atoms with van der Waals surface area (Å²) in [6.07, 6.45) is 0. The van der Waals surface area contributed by atoms with Crippen LogP contribution in [0.4, 0.5) is 0 Å². The van der Waals surface area contributed by atoms with Crippen molar-refractivity contribution in [2.24, 2.45) is 0 Å². The molecule has 4 heterocycles. The van der Waals surface area contributed by atoms with Crippen molar-refractivity contribution in [1.29, 1.82) is 0 Å². The normalized spacial score (nSPS) is 12.2. The van der Waals surface area contributed by atoms with Gasteiger partial charge in [-0.1, -0.05) is 109 Å². The van der Waals surface area contributed by atoms with Gasteiger partial charge >= 0.3 is 0 Å². The average Bonchev–Trinajstić information content (AvgIpc) is 3.95. The molecule has 0 aliphatic heterocycles. The monoisotopic (exact) mass is 681 g/mol. The van der Waals surface area contributed by atoms with Gasteiger partial charge in [0.1, 0.15) is 22.3 Å². The van der Waals surface area contributed by atoms with Gasteiger partial charge in [-0.15, -0.1) is 11.3 Å². The molecule has 12 aromatic rings. The van der Waals surface area contributed by atoms with Crippen LogP contribution in [-0.4, -0.2) is 4.57 Å². The third-order valence-corrected chi connectivity index (χ3v) is 11.9. The summed E-state index contributed by atoms with van der Waals surface area (Å²) in [6, 6.07) is 59.0. The SMILES string of the molecule is c1ccc2c(c1)oc1ccc(-c3cccc4c5cccc(-c6ccc7oc8ccccc8c7c6)c5n(-c5ccc6c(c5)sc5ccccc56)c34)cc12.